The molecule has 58 valence electrons. The summed E-state index contributed by atoms with van der Waals surface area (Å²) in [6.45, 7) is 0.261. The first-order valence-electron chi connectivity index (χ1n) is 2.92. The van der Waals surface area contributed by atoms with E-state index in [2.05, 4.69) is 10.3 Å². The zero-order valence-corrected chi connectivity index (χ0v) is 5.15. The van der Waals surface area contributed by atoms with Crippen LogP contribution in [0.3, 0.4) is 0 Å². The van der Waals surface area contributed by atoms with Gasteiger partial charge in [0.2, 0.25) is 0 Å². The fourth-order valence-electron chi connectivity index (χ4n) is 0.752. The lowest BCUT2D eigenvalue weighted by atomic mass is 10.2. The van der Waals surface area contributed by atoms with Crippen molar-refractivity contribution in [2.24, 2.45) is 4.99 Å². The third-order valence-corrected chi connectivity index (χ3v) is 1.31. The topological polar surface area (TPSA) is 24.4 Å². The van der Waals surface area contributed by atoms with Crippen molar-refractivity contribution in [3.8, 4) is 0 Å². The van der Waals surface area contributed by atoms with E-state index < -0.39 is 12.2 Å². The van der Waals surface area contributed by atoms with Gasteiger partial charge in [0.25, 0.3) is 0 Å². The van der Waals surface area contributed by atoms with Gasteiger partial charge in [-0.2, -0.15) is 13.2 Å². The van der Waals surface area contributed by atoms with E-state index in [1.165, 1.54) is 0 Å². The summed E-state index contributed by atoms with van der Waals surface area (Å²) in [7, 11) is 0. The van der Waals surface area contributed by atoms with Crippen LogP contribution in [0.2, 0.25) is 0 Å². The Morgan fingerprint density at radius 3 is 2.50 bits per heavy atom. The maximum absolute atomic E-state index is 11.8. The third kappa shape index (κ3) is 1.62. The van der Waals surface area contributed by atoms with Crippen LogP contribution in [0.15, 0.2) is 4.99 Å². The smallest absolute Gasteiger partial charge is 0.365 e. The van der Waals surface area contributed by atoms with Crippen LogP contribution < -0.4 is 5.32 Å². The molecule has 0 fully saturated rings. The van der Waals surface area contributed by atoms with E-state index >= 15 is 0 Å². The van der Waals surface area contributed by atoms with E-state index in [1.54, 1.807) is 0 Å². The number of hydrogen-bond donors (Lipinski definition) is 1. The van der Waals surface area contributed by atoms with E-state index in [1.807, 2.05) is 0 Å². The van der Waals surface area contributed by atoms with Crippen molar-refractivity contribution < 1.29 is 13.2 Å². The molecule has 1 heterocycles. The van der Waals surface area contributed by atoms with Gasteiger partial charge in [-0.3, -0.25) is 4.99 Å². The van der Waals surface area contributed by atoms with Crippen molar-refractivity contribution in [1.29, 1.82) is 0 Å². The first kappa shape index (κ1) is 7.37. The molecule has 1 aliphatic rings. The standard InChI is InChI=1S/C5H7F3N2/c6-5(7,8)4-1-2-9-3-10-4/h3-4H,1-2H2,(H,9,10). The summed E-state index contributed by atoms with van der Waals surface area (Å²) < 4.78 is 35.5. The van der Waals surface area contributed by atoms with Crippen LogP contribution >= 0.6 is 0 Å². The van der Waals surface area contributed by atoms with Gasteiger partial charge in [0.05, 0.1) is 6.34 Å². The molecule has 1 N–H and O–H groups in total. The van der Waals surface area contributed by atoms with E-state index in [0.29, 0.717) is 0 Å². The van der Waals surface area contributed by atoms with Crippen LogP contribution in [0.25, 0.3) is 0 Å². The highest BCUT2D eigenvalue weighted by Crippen LogP contribution is 2.22. The predicted octanol–water partition coefficient (Wildman–Crippen LogP) is 0.939. The number of nitrogens with zero attached hydrogens (tertiary/aromatic N) is 1. The zero-order valence-electron chi connectivity index (χ0n) is 5.15. The molecule has 0 aromatic rings. The van der Waals surface area contributed by atoms with Gasteiger partial charge < -0.3 is 5.32 Å². The summed E-state index contributed by atoms with van der Waals surface area (Å²) in [5.74, 6) is 0. The Kier molecular flexibility index (Phi) is 1.82. The second kappa shape index (κ2) is 2.48. The lowest BCUT2D eigenvalue weighted by Gasteiger charge is -2.21. The number of aliphatic imine (C=N–C) groups is 1. The normalized spacial score (nSPS) is 26.1. The first-order valence-corrected chi connectivity index (χ1v) is 2.92. The molecule has 1 rings (SSSR count). The lowest BCUT2D eigenvalue weighted by molar-refractivity contribution is -0.153. The Morgan fingerprint density at radius 1 is 1.50 bits per heavy atom. The summed E-state index contributed by atoms with van der Waals surface area (Å²) in [6, 6.07) is -1.40. The third-order valence-electron chi connectivity index (χ3n) is 1.31. The number of nitrogens with one attached hydrogen (secondary N) is 1. The maximum atomic E-state index is 11.8. The summed E-state index contributed by atoms with van der Waals surface area (Å²) in [5, 5.41) is 2.14. The molecule has 0 saturated heterocycles. The molecule has 10 heavy (non-hydrogen) atoms. The highest BCUT2D eigenvalue weighted by molar-refractivity contribution is 5.55. The van der Waals surface area contributed by atoms with Gasteiger partial charge in [0.1, 0.15) is 6.04 Å². The summed E-state index contributed by atoms with van der Waals surface area (Å²) in [6.07, 6.45) is -2.98. The molecule has 1 atom stereocenters. The van der Waals surface area contributed by atoms with Gasteiger partial charge in [-0.15, -0.1) is 0 Å². The van der Waals surface area contributed by atoms with Crippen LogP contribution in [0.4, 0.5) is 13.2 Å². The van der Waals surface area contributed by atoms with Crippen molar-refractivity contribution in [2.45, 2.75) is 18.6 Å². The molecule has 0 bridgehead atoms. The first-order chi connectivity index (χ1) is 4.61. The maximum Gasteiger partial charge on any atom is 0.408 e. The predicted molar refractivity (Wildman–Crippen MR) is 31.0 cm³/mol. The second-order valence-electron chi connectivity index (χ2n) is 2.08. The highest BCUT2D eigenvalue weighted by Gasteiger charge is 2.39. The van der Waals surface area contributed by atoms with Gasteiger partial charge in [0, 0.05) is 6.54 Å². The van der Waals surface area contributed by atoms with Gasteiger partial charge >= 0.3 is 6.18 Å². The fourth-order valence-corrected chi connectivity index (χ4v) is 0.752. The molecule has 2 nitrogen and oxygen atoms in total. The number of halogens is 3. The minimum atomic E-state index is -4.13. The number of rotatable bonds is 0. The SMILES string of the molecule is FC(F)(F)C1CCN=CN1. The minimum absolute atomic E-state index is 0.0417. The Hall–Kier alpha value is -0.740. The second-order valence-corrected chi connectivity index (χ2v) is 2.08. The molecule has 0 aromatic heterocycles. The Labute approximate surface area is 56.1 Å². The molecule has 0 aromatic carbocycles. The van der Waals surface area contributed by atoms with Crippen LogP contribution in [-0.4, -0.2) is 25.1 Å². The van der Waals surface area contributed by atoms with Crippen LogP contribution in [0, 0.1) is 0 Å². The summed E-state index contributed by atoms with van der Waals surface area (Å²) in [5.41, 5.74) is 0. The molecule has 0 spiro atoms. The monoisotopic (exact) mass is 152 g/mol. The van der Waals surface area contributed by atoms with Gasteiger partial charge in [0.15, 0.2) is 0 Å². The molecule has 0 saturated carbocycles. The number of hydrogen-bond acceptors (Lipinski definition) is 2. The molecule has 1 unspecified atom stereocenters. The molecular formula is C5H7F3N2. The van der Waals surface area contributed by atoms with Crippen molar-refractivity contribution >= 4 is 6.34 Å². The average Bonchev–Trinajstić information content (AvgIpc) is 1.88. The van der Waals surface area contributed by atoms with Crippen LogP contribution in [0.1, 0.15) is 6.42 Å². The zero-order chi connectivity index (χ0) is 7.61. The fraction of sp³-hybridized carbons (Fsp3) is 0.800. The quantitative estimate of drug-likeness (QED) is 0.548. The van der Waals surface area contributed by atoms with Gasteiger partial charge in [-0.05, 0) is 6.42 Å². The largest absolute Gasteiger partial charge is 0.408 e. The van der Waals surface area contributed by atoms with E-state index in [-0.39, 0.29) is 13.0 Å². The molecule has 0 amide bonds. The van der Waals surface area contributed by atoms with Crippen molar-refractivity contribution in [2.75, 3.05) is 6.54 Å². The molecular weight excluding hydrogens is 145 g/mol. The summed E-state index contributed by atoms with van der Waals surface area (Å²) >= 11 is 0. The van der Waals surface area contributed by atoms with E-state index in [9.17, 15) is 13.2 Å². The van der Waals surface area contributed by atoms with Crippen LogP contribution in [0.5, 0.6) is 0 Å². The summed E-state index contributed by atoms with van der Waals surface area (Å²) in [4.78, 5) is 3.60. The molecule has 0 radical (unpaired) electrons. The minimum Gasteiger partial charge on any atom is -0.365 e. The van der Waals surface area contributed by atoms with Crippen molar-refractivity contribution in [3.63, 3.8) is 0 Å². The van der Waals surface area contributed by atoms with Gasteiger partial charge in [-0.25, -0.2) is 0 Å². The lowest BCUT2D eigenvalue weighted by Crippen LogP contribution is -2.44. The number of alkyl halides is 3. The van der Waals surface area contributed by atoms with Gasteiger partial charge in [-0.1, -0.05) is 0 Å². The van der Waals surface area contributed by atoms with E-state index in [0.717, 1.165) is 6.34 Å². The Balaban J connectivity index is 2.49. The van der Waals surface area contributed by atoms with Crippen LogP contribution in [-0.2, 0) is 0 Å². The molecule has 1 aliphatic heterocycles. The van der Waals surface area contributed by atoms with E-state index in [4.69, 9.17) is 0 Å². The highest BCUT2D eigenvalue weighted by atomic mass is 19.4. The average molecular weight is 152 g/mol. The van der Waals surface area contributed by atoms with Crippen molar-refractivity contribution in [1.82, 2.24) is 5.32 Å². The Morgan fingerprint density at radius 2 is 2.20 bits per heavy atom. The van der Waals surface area contributed by atoms with Crippen molar-refractivity contribution in [3.05, 3.63) is 0 Å². The molecule has 5 heteroatoms. The molecule has 0 aliphatic carbocycles. The Bertz CT molecular complexity index is 140.